The van der Waals surface area contributed by atoms with E-state index in [2.05, 4.69) is 0 Å². The zero-order chi connectivity index (χ0) is 15.6. The number of rotatable bonds is 4. The van der Waals surface area contributed by atoms with Crippen LogP contribution in [0.15, 0.2) is 12.1 Å². The quantitative estimate of drug-likeness (QED) is 0.857. The van der Waals surface area contributed by atoms with Crippen LogP contribution in [0.3, 0.4) is 0 Å². The summed E-state index contributed by atoms with van der Waals surface area (Å²) in [6.07, 6.45) is 0.255. The molecule has 1 aromatic rings. The number of likely N-dealkylation sites (tertiary alicyclic amines) is 1. The van der Waals surface area contributed by atoms with Crippen LogP contribution in [0.4, 0.5) is 13.2 Å². The van der Waals surface area contributed by atoms with Crippen LogP contribution in [-0.4, -0.2) is 28.2 Å². The third-order valence-electron chi connectivity index (χ3n) is 3.27. The number of thioether (sulfide) groups is 1. The Morgan fingerprint density at radius 2 is 1.95 bits per heavy atom. The molecule has 21 heavy (non-hydrogen) atoms. The van der Waals surface area contributed by atoms with Crippen molar-refractivity contribution in [1.82, 2.24) is 4.90 Å². The Kier molecular flexibility index (Phi) is 4.92. The number of amides is 1. The van der Waals surface area contributed by atoms with Crippen LogP contribution < -0.4 is 0 Å². The van der Waals surface area contributed by atoms with E-state index in [1.165, 1.54) is 11.8 Å². The second kappa shape index (κ2) is 6.51. The van der Waals surface area contributed by atoms with Crippen molar-refractivity contribution in [3.63, 3.8) is 0 Å². The fraction of sp³-hybridized carbons (Fsp3) is 0.429. The number of hydrogen-bond donors (Lipinski definition) is 0. The first-order valence-corrected chi connectivity index (χ1v) is 7.40. The van der Waals surface area contributed by atoms with Gasteiger partial charge in [-0.05, 0) is 5.92 Å². The molecule has 1 aromatic carbocycles. The summed E-state index contributed by atoms with van der Waals surface area (Å²) in [5.41, 5.74) is -0.315. The molecule has 1 aliphatic heterocycles. The summed E-state index contributed by atoms with van der Waals surface area (Å²) < 4.78 is 40.0. The van der Waals surface area contributed by atoms with Crippen molar-refractivity contribution in [1.29, 1.82) is 0 Å². The minimum absolute atomic E-state index is 0.0158. The van der Waals surface area contributed by atoms with Crippen molar-refractivity contribution >= 4 is 22.8 Å². The molecule has 3 nitrogen and oxygen atoms in total. The van der Waals surface area contributed by atoms with Gasteiger partial charge >= 0.3 is 0 Å². The summed E-state index contributed by atoms with van der Waals surface area (Å²) >= 11 is 1.13. The number of nitrogens with zero attached hydrogens (tertiary/aromatic N) is 1. The van der Waals surface area contributed by atoms with E-state index in [1.807, 2.05) is 0 Å². The van der Waals surface area contributed by atoms with Crippen molar-refractivity contribution < 1.29 is 22.8 Å². The van der Waals surface area contributed by atoms with E-state index in [0.717, 1.165) is 11.8 Å². The molecule has 0 spiro atoms. The van der Waals surface area contributed by atoms with Crippen molar-refractivity contribution in [3.8, 4) is 0 Å². The van der Waals surface area contributed by atoms with Gasteiger partial charge in [0.1, 0.15) is 17.5 Å². The minimum Gasteiger partial charge on any atom is -0.338 e. The first-order valence-electron chi connectivity index (χ1n) is 6.41. The van der Waals surface area contributed by atoms with Crippen LogP contribution in [0, 0.1) is 23.4 Å². The van der Waals surface area contributed by atoms with Gasteiger partial charge in [0.25, 0.3) is 0 Å². The van der Waals surface area contributed by atoms with Gasteiger partial charge in [0.15, 0.2) is 5.12 Å². The summed E-state index contributed by atoms with van der Waals surface area (Å²) in [6, 6.07) is 1.20. The number of benzene rings is 1. The molecule has 1 fully saturated rings. The molecule has 114 valence electrons. The SMILES string of the molecule is CC(=O)SCC1CC(=O)N(Cc2c(F)cc(F)cc2F)C1. The van der Waals surface area contributed by atoms with Gasteiger partial charge in [0.2, 0.25) is 5.91 Å². The van der Waals surface area contributed by atoms with Crippen molar-refractivity contribution in [3.05, 3.63) is 35.1 Å². The molecular formula is C14H14F3NO2S. The van der Waals surface area contributed by atoms with Crippen LogP contribution >= 0.6 is 11.8 Å². The molecule has 0 radical (unpaired) electrons. The average Bonchev–Trinajstić information content (AvgIpc) is 2.72. The molecule has 1 heterocycles. The van der Waals surface area contributed by atoms with E-state index in [-0.39, 0.29) is 35.5 Å². The molecule has 0 N–H and O–H groups in total. The molecule has 1 aliphatic rings. The number of carbonyl (C=O) groups excluding carboxylic acids is 2. The molecule has 1 saturated heterocycles. The van der Waals surface area contributed by atoms with E-state index in [0.29, 0.717) is 24.4 Å². The smallest absolute Gasteiger partial charge is 0.223 e. The van der Waals surface area contributed by atoms with Gasteiger partial charge in [-0.3, -0.25) is 9.59 Å². The van der Waals surface area contributed by atoms with E-state index in [4.69, 9.17) is 0 Å². The third-order valence-corrected chi connectivity index (χ3v) is 4.32. The molecule has 0 bridgehead atoms. The van der Waals surface area contributed by atoms with Gasteiger partial charge in [-0.15, -0.1) is 0 Å². The largest absolute Gasteiger partial charge is 0.338 e. The van der Waals surface area contributed by atoms with Crippen LogP contribution in [0.5, 0.6) is 0 Å². The molecule has 1 amide bonds. The Bertz CT molecular complexity index is 556. The Morgan fingerprint density at radius 3 is 2.52 bits per heavy atom. The van der Waals surface area contributed by atoms with E-state index in [1.54, 1.807) is 0 Å². The van der Waals surface area contributed by atoms with Crippen LogP contribution in [0.25, 0.3) is 0 Å². The van der Waals surface area contributed by atoms with Crippen LogP contribution in [0.1, 0.15) is 18.9 Å². The lowest BCUT2D eigenvalue weighted by Crippen LogP contribution is -2.26. The van der Waals surface area contributed by atoms with Crippen molar-refractivity contribution in [2.75, 3.05) is 12.3 Å². The summed E-state index contributed by atoms with van der Waals surface area (Å²) in [4.78, 5) is 24.1. The fourth-order valence-corrected chi connectivity index (χ4v) is 2.96. The highest BCUT2D eigenvalue weighted by atomic mass is 32.2. The number of carbonyl (C=O) groups is 2. The Labute approximate surface area is 124 Å². The predicted molar refractivity (Wildman–Crippen MR) is 73.0 cm³/mol. The molecule has 2 rings (SSSR count). The topological polar surface area (TPSA) is 37.4 Å². The van der Waals surface area contributed by atoms with Gasteiger partial charge < -0.3 is 4.90 Å². The van der Waals surface area contributed by atoms with Gasteiger partial charge in [-0.1, -0.05) is 11.8 Å². The maximum atomic E-state index is 13.6. The van der Waals surface area contributed by atoms with Crippen LogP contribution in [-0.2, 0) is 16.1 Å². The zero-order valence-corrected chi connectivity index (χ0v) is 12.2. The lowest BCUT2D eigenvalue weighted by atomic mass is 10.1. The average molecular weight is 317 g/mol. The van der Waals surface area contributed by atoms with E-state index >= 15 is 0 Å². The Morgan fingerprint density at radius 1 is 1.33 bits per heavy atom. The molecule has 1 unspecified atom stereocenters. The van der Waals surface area contributed by atoms with E-state index < -0.39 is 17.5 Å². The third kappa shape index (κ3) is 4.00. The van der Waals surface area contributed by atoms with Crippen LogP contribution in [0.2, 0.25) is 0 Å². The molecule has 0 aromatic heterocycles. The van der Waals surface area contributed by atoms with E-state index in [9.17, 15) is 22.8 Å². The molecule has 0 aliphatic carbocycles. The maximum Gasteiger partial charge on any atom is 0.223 e. The van der Waals surface area contributed by atoms with Gasteiger partial charge in [0.05, 0.1) is 6.54 Å². The minimum atomic E-state index is -0.998. The Hall–Kier alpha value is -1.50. The van der Waals surface area contributed by atoms with Gasteiger partial charge in [0, 0.05) is 43.3 Å². The van der Waals surface area contributed by atoms with Gasteiger partial charge in [-0.25, -0.2) is 13.2 Å². The summed E-state index contributed by atoms with van der Waals surface area (Å²) in [5.74, 6) is -2.71. The summed E-state index contributed by atoms with van der Waals surface area (Å²) in [5, 5.41) is -0.0310. The summed E-state index contributed by atoms with van der Waals surface area (Å²) in [6.45, 7) is 1.57. The lowest BCUT2D eigenvalue weighted by molar-refractivity contribution is -0.128. The van der Waals surface area contributed by atoms with Crippen molar-refractivity contribution in [2.45, 2.75) is 19.9 Å². The molecule has 7 heteroatoms. The second-order valence-corrected chi connectivity index (χ2v) is 6.19. The second-order valence-electron chi connectivity index (χ2n) is 4.99. The zero-order valence-electron chi connectivity index (χ0n) is 11.4. The highest BCUT2D eigenvalue weighted by Crippen LogP contribution is 2.25. The maximum absolute atomic E-state index is 13.6. The fourth-order valence-electron chi connectivity index (χ4n) is 2.27. The summed E-state index contributed by atoms with van der Waals surface area (Å²) in [7, 11) is 0. The van der Waals surface area contributed by atoms with Gasteiger partial charge in [-0.2, -0.15) is 0 Å². The molecule has 0 saturated carbocycles. The lowest BCUT2D eigenvalue weighted by Gasteiger charge is -2.17. The van der Waals surface area contributed by atoms with Crippen molar-refractivity contribution in [2.24, 2.45) is 5.92 Å². The number of halogens is 3. The predicted octanol–water partition coefficient (Wildman–Crippen LogP) is 2.73. The monoisotopic (exact) mass is 317 g/mol. The molecule has 1 atom stereocenters. The standard InChI is InChI=1S/C14H14F3NO2S/c1-8(19)21-7-9-2-14(20)18(5-9)6-11-12(16)3-10(15)4-13(11)17/h3-4,9H,2,5-7H2,1H3. The first-order chi connectivity index (χ1) is 9.86. The normalized spacial score (nSPS) is 18.4. The molecular weight excluding hydrogens is 303 g/mol. The highest BCUT2D eigenvalue weighted by Gasteiger charge is 2.31. The first kappa shape index (κ1) is 15.9. The highest BCUT2D eigenvalue weighted by molar-refractivity contribution is 8.13. The number of hydrogen-bond acceptors (Lipinski definition) is 3. The Balaban J connectivity index is 2.04.